The van der Waals surface area contributed by atoms with Gasteiger partial charge in [0.05, 0.1) is 0 Å². The molecule has 1 aromatic carbocycles. The average Bonchev–Trinajstić information content (AvgIpc) is 2.89. The number of benzene rings is 1. The third-order valence-corrected chi connectivity index (χ3v) is 7.23. The number of hydrogen-bond donors (Lipinski definition) is 0. The van der Waals surface area contributed by atoms with Gasteiger partial charge in [-0.3, -0.25) is 9.59 Å². The van der Waals surface area contributed by atoms with Crippen LogP contribution in [-0.4, -0.2) is 61.0 Å². The summed E-state index contributed by atoms with van der Waals surface area (Å²) >= 11 is 0. The number of carbonyl (C=O) groups excluding carboxylic acids is 2. The highest BCUT2D eigenvalue weighted by molar-refractivity contribution is 5.78. The fourth-order valence-electron chi connectivity index (χ4n) is 4.55. The molecule has 0 atom stereocenters. The third-order valence-electron chi connectivity index (χ3n) is 7.23. The predicted octanol–water partition coefficient (Wildman–Crippen LogP) is 7.90. The van der Waals surface area contributed by atoms with Gasteiger partial charge in [0.1, 0.15) is 11.5 Å². The molecule has 0 spiro atoms. The molecule has 0 unspecified atom stereocenters. The second-order valence-electron chi connectivity index (χ2n) is 13.1. The Bertz CT molecular complexity index is 809. The Morgan fingerprint density at radius 1 is 0.575 bits per heavy atom. The van der Waals surface area contributed by atoms with E-state index in [4.69, 9.17) is 9.47 Å². The SMILES string of the molecule is CCCCN(CCCC)C(=O)COc1cc(C(C)(C)C)c(OCC(=O)N(CCCC)CCCC)cc1C(C)(C)C. The van der Waals surface area contributed by atoms with Crippen LogP contribution >= 0.6 is 0 Å². The summed E-state index contributed by atoms with van der Waals surface area (Å²) in [5.74, 6) is 1.49. The van der Waals surface area contributed by atoms with Crippen LogP contribution in [0.25, 0.3) is 0 Å². The molecular formula is C34H60N2O4. The molecular weight excluding hydrogens is 500 g/mol. The van der Waals surface area contributed by atoms with E-state index in [0.717, 1.165) is 88.7 Å². The highest BCUT2D eigenvalue weighted by Gasteiger charge is 2.28. The highest BCUT2D eigenvalue weighted by atomic mass is 16.5. The van der Waals surface area contributed by atoms with Gasteiger partial charge in [0.15, 0.2) is 13.2 Å². The molecule has 0 saturated heterocycles. The van der Waals surface area contributed by atoms with Crippen molar-refractivity contribution in [3.63, 3.8) is 0 Å². The molecule has 0 aliphatic heterocycles. The van der Waals surface area contributed by atoms with Crippen molar-refractivity contribution < 1.29 is 19.1 Å². The van der Waals surface area contributed by atoms with Crippen LogP contribution < -0.4 is 9.47 Å². The van der Waals surface area contributed by atoms with Crippen molar-refractivity contribution in [3.8, 4) is 11.5 Å². The third kappa shape index (κ3) is 12.1. The summed E-state index contributed by atoms with van der Waals surface area (Å²) in [6.07, 6.45) is 8.20. The van der Waals surface area contributed by atoms with E-state index in [0.29, 0.717) is 11.5 Å². The van der Waals surface area contributed by atoms with E-state index in [1.165, 1.54) is 0 Å². The van der Waals surface area contributed by atoms with Crippen molar-refractivity contribution in [2.75, 3.05) is 39.4 Å². The summed E-state index contributed by atoms with van der Waals surface area (Å²) in [5, 5.41) is 0. The Balaban J connectivity index is 3.28. The first-order chi connectivity index (χ1) is 18.8. The molecule has 6 nitrogen and oxygen atoms in total. The minimum atomic E-state index is -0.241. The van der Waals surface area contributed by atoms with Gasteiger partial charge < -0.3 is 19.3 Å². The fraction of sp³-hybridized carbons (Fsp3) is 0.765. The Morgan fingerprint density at radius 3 is 1.07 bits per heavy atom. The number of ether oxygens (including phenoxy) is 2. The van der Waals surface area contributed by atoms with E-state index in [1.807, 2.05) is 21.9 Å². The Labute approximate surface area is 246 Å². The maximum Gasteiger partial charge on any atom is 0.260 e. The molecule has 0 aliphatic carbocycles. The lowest BCUT2D eigenvalue weighted by molar-refractivity contribution is -0.134. The Kier molecular flexibility index (Phi) is 15.7. The predicted molar refractivity (Wildman–Crippen MR) is 168 cm³/mol. The van der Waals surface area contributed by atoms with Gasteiger partial charge in [0, 0.05) is 37.3 Å². The number of hydrogen-bond acceptors (Lipinski definition) is 4. The molecule has 6 heteroatoms. The summed E-state index contributed by atoms with van der Waals surface area (Å²) in [6.45, 7) is 24.5. The summed E-state index contributed by atoms with van der Waals surface area (Å²) in [5.41, 5.74) is 1.46. The van der Waals surface area contributed by atoms with Gasteiger partial charge >= 0.3 is 0 Å². The maximum absolute atomic E-state index is 13.2. The van der Waals surface area contributed by atoms with Gasteiger partial charge in [-0.1, -0.05) is 94.9 Å². The van der Waals surface area contributed by atoms with Crippen LogP contribution in [-0.2, 0) is 20.4 Å². The lowest BCUT2D eigenvalue weighted by atomic mass is 9.81. The second kappa shape index (κ2) is 17.5. The zero-order chi connectivity index (χ0) is 30.3. The van der Waals surface area contributed by atoms with Crippen LogP contribution in [0.5, 0.6) is 11.5 Å². The Hall–Kier alpha value is -2.24. The number of rotatable bonds is 18. The van der Waals surface area contributed by atoms with E-state index in [9.17, 15) is 9.59 Å². The van der Waals surface area contributed by atoms with Crippen molar-refractivity contribution in [1.29, 1.82) is 0 Å². The zero-order valence-electron chi connectivity index (χ0n) is 27.6. The van der Waals surface area contributed by atoms with E-state index < -0.39 is 0 Å². The van der Waals surface area contributed by atoms with Crippen LogP contribution in [0.4, 0.5) is 0 Å². The molecule has 0 heterocycles. The van der Waals surface area contributed by atoms with E-state index in [2.05, 4.69) is 69.2 Å². The van der Waals surface area contributed by atoms with Crippen LogP contribution in [0.3, 0.4) is 0 Å². The van der Waals surface area contributed by atoms with Crippen LogP contribution in [0, 0.1) is 0 Å². The number of unbranched alkanes of at least 4 members (excludes halogenated alkanes) is 4. The summed E-state index contributed by atoms with van der Waals surface area (Å²) in [6, 6.07) is 4.06. The smallest absolute Gasteiger partial charge is 0.260 e. The van der Waals surface area contributed by atoms with Gasteiger partial charge in [-0.2, -0.15) is 0 Å². The van der Waals surface area contributed by atoms with Crippen molar-refractivity contribution in [1.82, 2.24) is 9.80 Å². The fourth-order valence-corrected chi connectivity index (χ4v) is 4.55. The lowest BCUT2D eigenvalue weighted by Crippen LogP contribution is -2.37. The molecule has 0 aliphatic rings. The van der Waals surface area contributed by atoms with Gasteiger partial charge in [0.2, 0.25) is 0 Å². The summed E-state index contributed by atoms with van der Waals surface area (Å²) in [4.78, 5) is 30.2. The van der Waals surface area contributed by atoms with Crippen molar-refractivity contribution >= 4 is 11.8 Å². The van der Waals surface area contributed by atoms with E-state index >= 15 is 0 Å². The maximum atomic E-state index is 13.2. The summed E-state index contributed by atoms with van der Waals surface area (Å²) < 4.78 is 12.6. The number of nitrogens with zero attached hydrogens (tertiary/aromatic N) is 2. The second-order valence-corrected chi connectivity index (χ2v) is 13.1. The number of carbonyl (C=O) groups is 2. The van der Waals surface area contributed by atoms with E-state index in [-0.39, 0.29) is 35.9 Å². The summed E-state index contributed by atoms with van der Waals surface area (Å²) in [7, 11) is 0. The van der Waals surface area contributed by atoms with Gasteiger partial charge in [0.25, 0.3) is 11.8 Å². The monoisotopic (exact) mass is 560 g/mol. The minimum Gasteiger partial charge on any atom is -0.483 e. The largest absolute Gasteiger partial charge is 0.483 e. The Morgan fingerprint density at radius 2 is 0.850 bits per heavy atom. The first-order valence-corrected chi connectivity index (χ1v) is 15.8. The average molecular weight is 561 g/mol. The normalized spacial score (nSPS) is 11.8. The molecule has 40 heavy (non-hydrogen) atoms. The van der Waals surface area contributed by atoms with Crippen molar-refractivity contribution in [3.05, 3.63) is 23.3 Å². The molecule has 0 bridgehead atoms. The van der Waals surface area contributed by atoms with Gasteiger partial charge in [-0.05, 0) is 48.6 Å². The number of amides is 2. The van der Waals surface area contributed by atoms with Crippen molar-refractivity contribution in [2.45, 2.75) is 131 Å². The highest BCUT2D eigenvalue weighted by Crippen LogP contribution is 2.41. The first-order valence-electron chi connectivity index (χ1n) is 15.8. The molecule has 0 N–H and O–H groups in total. The topological polar surface area (TPSA) is 59.1 Å². The minimum absolute atomic E-state index is 0.0165. The quantitative estimate of drug-likeness (QED) is 0.183. The molecule has 0 fully saturated rings. The van der Waals surface area contributed by atoms with Crippen LogP contribution in [0.15, 0.2) is 12.1 Å². The van der Waals surface area contributed by atoms with Gasteiger partial charge in [-0.25, -0.2) is 0 Å². The van der Waals surface area contributed by atoms with Crippen LogP contribution in [0.1, 0.15) is 132 Å². The molecule has 0 radical (unpaired) electrons. The van der Waals surface area contributed by atoms with Crippen LogP contribution in [0.2, 0.25) is 0 Å². The molecule has 0 aromatic heterocycles. The van der Waals surface area contributed by atoms with Gasteiger partial charge in [-0.15, -0.1) is 0 Å². The lowest BCUT2D eigenvalue weighted by Gasteiger charge is -2.30. The molecule has 0 saturated carbocycles. The molecule has 1 rings (SSSR count). The van der Waals surface area contributed by atoms with Crippen molar-refractivity contribution in [2.24, 2.45) is 0 Å². The molecule has 2 amide bonds. The van der Waals surface area contributed by atoms with E-state index in [1.54, 1.807) is 0 Å². The molecule has 1 aromatic rings. The first kappa shape index (κ1) is 35.8. The standard InChI is InChI=1S/C34H60N2O4/c1-11-15-19-35(20-16-12-2)31(37)25-39-29-23-28(34(8,9)10)30(24-27(29)33(5,6)7)40-26-32(38)36(21-17-13-3)22-18-14-4/h23-24H,11-22,25-26H2,1-10H3. The zero-order valence-corrected chi connectivity index (χ0v) is 27.6. The molecule has 230 valence electrons.